The summed E-state index contributed by atoms with van der Waals surface area (Å²) in [6.07, 6.45) is 0. The molecular formula is C21H14O2S. The van der Waals surface area contributed by atoms with Crippen LogP contribution in [0.1, 0.15) is 37.4 Å². The number of hydrogen-bond donors (Lipinski definition) is 1. The molecule has 116 valence electrons. The molecule has 0 heterocycles. The van der Waals surface area contributed by atoms with Gasteiger partial charge in [0.15, 0.2) is 11.6 Å². The van der Waals surface area contributed by atoms with Crippen LogP contribution in [-0.2, 0) is 0 Å². The molecule has 0 N–H and O–H groups in total. The minimum absolute atomic E-state index is 0.109. The van der Waals surface area contributed by atoms with Crippen LogP contribution in [0.25, 0.3) is 11.1 Å². The van der Waals surface area contributed by atoms with E-state index in [0.717, 1.165) is 16.7 Å². The van der Waals surface area contributed by atoms with E-state index in [0.29, 0.717) is 27.1 Å². The lowest BCUT2D eigenvalue weighted by molar-refractivity contribution is 0.0979. The molecule has 4 rings (SSSR count). The molecule has 0 radical (unpaired) electrons. The Morgan fingerprint density at radius 2 is 1.29 bits per heavy atom. The highest BCUT2D eigenvalue weighted by Gasteiger charge is 2.32. The van der Waals surface area contributed by atoms with E-state index in [2.05, 4.69) is 12.6 Å². The average molecular weight is 330 g/mol. The summed E-state index contributed by atoms with van der Waals surface area (Å²) < 4.78 is 0. The number of rotatable bonds is 1. The fourth-order valence-electron chi connectivity index (χ4n) is 3.19. The van der Waals surface area contributed by atoms with E-state index in [1.165, 1.54) is 0 Å². The zero-order valence-electron chi connectivity index (χ0n) is 13.0. The third-order valence-electron chi connectivity index (χ3n) is 4.41. The molecule has 3 aromatic rings. The summed E-state index contributed by atoms with van der Waals surface area (Å²) in [6.45, 7) is 2.01. The maximum atomic E-state index is 13.1. The van der Waals surface area contributed by atoms with Crippen molar-refractivity contribution in [2.24, 2.45) is 0 Å². The van der Waals surface area contributed by atoms with Gasteiger partial charge in [-0.2, -0.15) is 0 Å². The fraction of sp³-hybridized carbons (Fsp3) is 0.0476. The standard InChI is InChI=1S/C21H14O2S/c1-12-6-8-13(9-7-12)18-17(24)11-10-16-19(18)21(23)15-5-3-2-4-14(15)20(16)22/h2-11,24H,1H3. The zero-order chi connectivity index (χ0) is 16.8. The Balaban J connectivity index is 2.04. The number of benzene rings is 3. The van der Waals surface area contributed by atoms with Gasteiger partial charge in [-0.15, -0.1) is 12.6 Å². The SMILES string of the molecule is Cc1ccc(-c2c(S)ccc3c2C(=O)c2ccccc2C3=O)cc1. The van der Waals surface area contributed by atoms with Gasteiger partial charge >= 0.3 is 0 Å². The van der Waals surface area contributed by atoms with Gasteiger partial charge in [0.25, 0.3) is 0 Å². The quantitative estimate of drug-likeness (QED) is 0.512. The van der Waals surface area contributed by atoms with Crippen molar-refractivity contribution in [1.82, 2.24) is 0 Å². The highest BCUT2D eigenvalue weighted by atomic mass is 32.1. The highest BCUT2D eigenvalue weighted by molar-refractivity contribution is 7.80. The number of fused-ring (bicyclic) bond motifs is 2. The van der Waals surface area contributed by atoms with Crippen LogP contribution in [0, 0.1) is 6.92 Å². The molecule has 0 fully saturated rings. The number of carbonyl (C=O) groups excluding carboxylic acids is 2. The van der Waals surface area contributed by atoms with Crippen LogP contribution in [0.5, 0.6) is 0 Å². The van der Waals surface area contributed by atoms with Crippen LogP contribution in [0.15, 0.2) is 65.6 Å². The van der Waals surface area contributed by atoms with Gasteiger partial charge in [-0.3, -0.25) is 9.59 Å². The van der Waals surface area contributed by atoms with Gasteiger partial charge in [0.05, 0.1) is 0 Å². The molecule has 1 aliphatic rings. The van der Waals surface area contributed by atoms with Gasteiger partial charge < -0.3 is 0 Å². The van der Waals surface area contributed by atoms with Crippen LogP contribution in [-0.4, -0.2) is 11.6 Å². The molecule has 1 aliphatic carbocycles. The lowest BCUT2D eigenvalue weighted by Gasteiger charge is -2.21. The normalized spacial score (nSPS) is 12.8. The molecule has 0 spiro atoms. The van der Waals surface area contributed by atoms with Crippen molar-refractivity contribution in [3.05, 3.63) is 88.5 Å². The molecular weight excluding hydrogens is 316 g/mol. The highest BCUT2D eigenvalue weighted by Crippen LogP contribution is 2.38. The first-order valence-electron chi connectivity index (χ1n) is 7.69. The second-order valence-electron chi connectivity index (χ2n) is 5.95. The smallest absolute Gasteiger partial charge is 0.195 e. The maximum Gasteiger partial charge on any atom is 0.195 e. The topological polar surface area (TPSA) is 34.1 Å². The number of hydrogen-bond acceptors (Lipinski definition) is 3. The largest absolute Gasteiger partial charge is 0.289 e. The molecule has 0 aromatic heterocycles. The van der Waals surface area contributed by atoms with Gasteiger partial charge in [0.1, 0.15) is 0 Å². The molecule has 0 bridgehead atoms. The Bertz CT molecular complexity index is 1000. The first-order chi connectivity index (χ1) is 11.6. The van der Waals surface area contributed by atoms with E-state index in [9.17, 15) is 9.59 Å². The average Bonchev–Trinajstić information content (AvgIpc) is 2.60. The first kappa shape index (κ1) is 14.9. The van der Waals surface area contributed by atoms with Crippen LogP contribution < -0.4 is 0 Å². The van der Waals surface area contributed by atoms with E-state index >= 15 is 0 Å². The Kier molecular flexibility index (Phi) is 3.39. The Labute approximate surface area is 145 Å². The first-order valence-corrected chi connectivity index (χ1v) is 8.14. The summed E-state index contributed by atoms with van der Waals surface area (Å²) in [4.78, 5) is 26.6. The fourth-order valence-corrected chi connectivity index (χ4v) is 3.50. The number of aryl methyl sites for hydroxylation is 1. The summed E-state index contributed by atoms with van der Waals surface area (Å²) in [6, 6.07) is 18.4. The summed E-state index contributed by atoms with van der Waals surface area (Å²) in [5.41, 5.74) is 4.59. The van der Waals surface area contributed by atoms with E-state index in [-0.39, 0.29) is 11.6 Å². The monoisotopic (exact) mass is 330 g/mol. The van der Waals surface area contributed by atoms with Crippen LogP contribution in [0.3, 0.4) is 0 Å². The third-order valence-corrected chi connectivity index (χ3v) is 4.78. The minimum atomic E-state index is -0.119. The lowest BCUT2D eigenvalue weighted by Crippen LogP contribution is -2.21. The van der Waals surface area contributed by atoms with E-state index in [1.807, 2.05) is 31.2 Å². The summed E-state index contributed by atoms with van der Waals surface area (Å²) in [7, 11) is 0. The van der Waals surface area contributed by atoms with Gasteiger partial charge in [-0.25, -0.2) is 0 Å². The summed E-state index contributed by atoms with van der Waals surface area (Å²) in [5, 5.41) is 0. The van der Waals surface area contributed by atoms with Crippen molar-refractivity contribution < 1.29 is 9.59 Å². The van der Waals surface area contributed by atoms with Crippen LogP contribution in [0.2, 0.25) is 0 Å². The van der Waals surface area contributed by atoms with Crippen molar-refractivity contribution in [3.63, 3.8) is 0 Å². The zero-order valence-corrected chi connectivity index (χ0v) is 13.9. The Hall–Kier alpha value is -2.65. The van der Waals surface area contributed by atoms with E-state index < -0.39 is 0 Å². The van der Waals surface area contributed by atoms with Crippen LogP contribution >= 0.6 is 12.6 Å². The van der Waals surface area contributed by atoms with Gasteiger partial charge in [-0.1, -0.05) is 54.1 Å². The maximum absolute atomic E-state index is 13.1. The predicted octanol–water partition coefficient (Wildman–Crippen LogP) is 4.73. The molecule has 0 amide bonds. The lowest BCUT2D eigenvalue weighted by atomic mass is 9.80. The predicted molar refractivity (Wildman–Crippen MR) is 97.2 cm³/mol. The molecule has 3 aromatic carbocycles. The van der Waals surface area contributed by atoms with Crippen LogP contribution in [0.4, 0.5) is 0 Å². The van der Waals surface area contributed by atoms with Crippen molar-refractivity contribution in [1.29, 1.82) is 0 Å². The molecule has 0 saturated heterocycles. The van der Waals surface area contributed by atoms with Crippen molar-refractivity contribution in [2.45, 2.75) is 11.8 Å². The molecule has 0 aliphatic heterocycles. The molecule has 3 heteroatoms. The third kappa shape index (κ3) is 2.13. The second kappa shape index (κ2) is 5.46. The molecule has 24 heavy (non-hydrogen) atoms. The van der Waals surface area contributed by atoms with Crippen molar-refractivity contribution in [3.8, 4) is 11.1 Å². The van der Waals surface area contributed by atoms with Gasteiger partial charge in [0, 0.05) is 32.7 Å². The van der Waals surface area contributed by atoms with E-state index in [4.69, 9.17) is 0 Å². The molecule has 0 atom stereocenters. The molecule has 0 saturated carbocycles. The van der Waals surface area contributed by atoms with Crippen molar-refractivity contribution >= 4 is 24.2 Å². The Morgan fingerprint density at radius 3 is 1.96 bits per heavy atom. The number of ketones is 2. The molecule has 2 nitrogen and oxygen atoms in total. The molecule has 0 unspecified atom stereocenters. The van der Waals surface area contributed by atoms with E-state index in [1.54, 1.807) is 36.4 Å². The van der Waals surface area contributed by atoms with Gasteiger partial charge in [0.2, 0.25) is 0 Å². The number of carbonyl (C=O) groups is 2. The second-order valence-corrected chi connectivity index (χ2v) is 6.43. The van der Waals surface area contributed by atoms with Crippen molar-refractivity contribution in [2.75, 3.05) is 0 Å². The summed E-state index contributed by atoms with van der Waals surface area (Å²) in [5.74, 6) is -0.228. The Morgan fingerprint density at radius 1 is 0.667 bits per heavy atom. The van der Waals surface area contributed by atoms with Gasteiger partial charge in [-0.05, 0) is 24.6 Å². The number of thiol groups is 1. The minimum Gasteiger partial charge on any atom is -0.289 e. The summed E-state index contributed by atoms with van der Waals surface area (Å²) >= 11 is 4.55.